The molecule has 3 heteroatoms. The third-order valence-electron chi connectivity index (χ3n) is 3.12. The van der Waals surface area contributed by atoms with Crippen molar-refractivity contribution in [3.05, 3.63) is 35.4 Å². The van der Waals surface area contributed by atoms with Crippen molar-refractivity contribution >= 4 is 0 Å². The van der Waals surface area contributed by atoms with E-state index in [2.05, 4.69) is 19.2 Å². The molecule has 0 saturated heterocycles. The summed E-state index contributed by atoms with van der Waals surface area (Å²) < 4.78 is 26.0. The van der Waals surface area contributed by atoms with Crippen LogP contribution in [0, 0.1) is 11.6 Å². The van der Waals surface area contributed by atoms with Gasteiger partial charge < -0.3 is 5.32 Å². The van der Waals surface area contributed by atoms with E-state index in [-0.39, 0.29) is 0 Å². The van der Waals surface area contributed by atoms with Gasteiger partial charge in [0.1, 0.15) is 11.6 Å². The highest BCUT2D eigenvalue weighted by Gasteiger charge is 2.06. The molecular weight excluding hydrogens is 232 g/mol. The van der Waals surface area contributed by atoms with Crippen LogP contribution in [0.25, 0.3) is 0 Å². The summed E-state index contributed by atoms with van der Waals surface area (Å²) in [6.07, 6.45) is 4.97. The summed E-state index contributed by atoms with van der Waals surface area (Å²) in [4.78, 5) is 0. The maximum atomic E-state index is 13.0. The smallest absolute Gasteiger partial charge is 0.126 e. The third-order valence-corrected chi connectivity index (χ3v) is 3.12. The van der Waals surface area contributed by atoms with Crippen LogP contribution in [0.5, 0.6) is 0 Å². The standard InChI is InChI=1S/C15H23F2N/c1-3-8-18-15(4-2)7-5-6-12-9-13(16)11-14(17)10-12/h9-11,15,18H,3-8H2,1-2H3. The van der Waals surface area contributed by atoms with Crippen LogP contribution in [-0.4, -0.2) is 12.6 Å². The van der Waals surface area contributed by atoms with Crippen molar-refractivity contribution in [1.29, 1.82) is 0 Å². The SMILES string of the molecule is CCCNC(CC)CCCc1cc(F)cc(F)c1. The van der Waals surface area contributed by atoms with Gasteiger partial charge >= 0.3 is 0 Å². The number of nitrogens with one attached hydrogen (secondary N) is 1. The lowest BCUT2D eigenvalue weighted by Crippen LogP contribution is -2.29. The Labute approximate surface area is 109 Å². The van der Waals surface area contributed by atoms with Crippen LogP contribution in [0.4, 0.5) is 8.78 Å². The molecule has 0 fully saturated rings. The normalized spacial score (nSPS) is 12.7. The second-order valence-corrected chi connectivity index (χ2v) is 4.73. The molecule has 0 amide bonds. The van der Waals surface area contributed by atoms with Crippen LogP contribution in [-0.2, 0) is 6.42 Å². The molecule has 1 aromatic rings. The highest BCUT2D eigenvalue weighted by atomic mass is 19.1. The fourth-order valence-electron chi connectivity index (χ4n) is 2.11. The molecule has 0 aliphatic rings. The van der Waals surface area contributed by atoms with Crippen molar-refractivity contribution in [2.24, 2.45) is 0 Å². The lowest BCUT2D eigenvalue weighted by molar-refractivity contribution is 0.455. The quantitative estimate of drug-likeness (QED) is 0.738. The maximum absolute atomic E-state index is 13.0. The van der Waals surface area contributed by atoms with E-state index in [9.17, 15) is 8.78 Å². The number of aryl methyl sites for hydroxylation is 1. The van der Waals surface area contributed by atoms with E-state index in [4.69, 9.17) is 0 Å². The molecule has 1 rings (SSSR count). The van der Waals surface area contributed by atoms with Crippen molar-refractivity contribution in [3.8, 4) is 0 Å². The summed E-state index contributed by atoms with van der Waals surface area (Å²) >= 11 is 0. The van der Waals surface area contributed by atoms with E-state index in [1.54, 1.807) is 0 Å². The molecule has 0 aliphatic carbocycles. The van der Waals surface area contributed by atoms with Gasteiger partial charge in [0.2, 0.25) is 0 Å². The lowest BCUT2D eigenvalue weighted by atomic mass is 10.0. The Morgan fingerprint density at radius 1 is 1.11 bits per heavy atom. The number of hydrogen-bond acceptors (Lipinski definition) is 1. The molecule has 1 aromatic carbocycles. The van der Waals surface area contributed by atoms with E-state index < -0.39 is 11.6 Å². The molecule has 1 N–H and O–H groups in total. The van der Waals surface area contributed by atoms with E-state index in [1.807, 2.05) is 0 Å². The first-order valence-electron chi connectivity index (χ1n) is 6.84. The zero-order valence-corrected chi connectivity index (χ0v) is 11.3. The van der Waals surface area contributed by atoms with Gasteiger partial charge in [0, 0.05) is 12.1 Å². The first-order chi connectivity index (χ1) is 8.65. The summed E-state index contributed by atoms with van der Waals surface area (Å²) in [5, 5.41) is 3.48. The highest BCUT2D eigenvalue weighted by molar-refractivity contribution is 5.17. The van der Waals surface area contributed by atoms with Crippen molar-refractivity contribution < 1.29 is 8.78 Å². The average molecular weight is 255 g/mol. The van der Waals surface area contributed by atoms with Crippen molar-refractivity contribution in [2.45, 2.75) is 52.0 Å². The van der Waals surface area contributed by atoms with E-state index in [0.29, 0.717) is 6.04 Å². The molecule has 1 atom stereocenters. The van der Waals surface area contributed by atoms with Crippen LogP contribution < -0.4 is 5.32 Å². The molecule has 1 unspecified atom stereocenters. The van der Waals surface area contributed by atoms with Crippen LogP contribution in [0.15, 0.2) is 18.2 Å². The van der Waals surface area contributed by atoms with Gasteiger partial charge in [0.05, 0.1) is 0 Å². The highest BCUT2D eigenvalue weighted by Crippen LogP contribution is 2.12. The number of rotatable bonds is 8. The van der Waals surface area contributed by atoms with Gasteiger partial charge in [-0.2, -0.15) is 0 Å². The van der Waals surface area contributed by atoms with Crippen LogP contribution in [0.1, 0.15) is 45.1 Å². The molecule has 0 radical (unpaired) electrons. The van der Waals surface area contributed by atoms with Gasteiger partial charge in [-0.05, 0) is 56.3 Å². The molecular formula is C15H23F2N. The Balaban J connectivity index is 2.35. The fourth-order valence-corrected chi connectivity index (χ4v) is 2.11. The topological polar surface area (TPSA) is 12.0 Å². The Bertz CT molecular complexity index is 332. The number of hydrogen-bond donors (Lipinski definition) is 1. The predicted octanol–water partition coefficient (Wildman–Crippen LogP) is 4.07. The monoisotopic (exact) mass is 255 g/mol. The van der Waals surface area contributed by atoms with Crippen LogP contribution in [0.2, 0.25) is 0 Å². The maximum Gasteiger partial charge on any atom is 0.126 e. The molecule has 0 heterocycles. The second-order valence-electron chi connectivity index (χ2n) is 4.73. The van der Waals surface area contributed by atoms with Gasteiger partial charge in [-0.3, -0.25) is 0 Å². The van der Waals surface area contributed by atoms with Gasteiger partial charge in [-0.1, -0.05) is 13.8 Å². The Morgan fingerprint density at radius 3 is 2.33 bits per heavy atom. The molecule has 102 valence electrons. The zero-order valence-electron chi connectivity index (χ0n) is 11.3. The van der Waals surface area contributed by atoms with Gasteiger partial charge in [0.25, 0.3) is 0 Å². The largest absolute Gasteiger partial charge is 0.314 e. The van der Waals surface area contributed by atoms with Crippen molar-refractivity contribution in [3.63, 3.8) is 0 Å². The summed E-state index contributed by atoms with van der Waals surface area (Å²) in [6, 6.07) is 4.28. The Kier molecular flexibility index (Phi) is 6.88. The molecule has 0 aromatic heterocycles. The molecule has 18 heavy (non-hydrogen) atoms. The lowest BCUT2D eigenvalue weighted by Gasteiger charge is -2.16. The summed E-state index contributed by atoms with van der Waals surface area (Å²) in [5.74, 6) is -0.970. The predicted molar refractivity (Wildman–Crippen MR) is 71.7 cm³/mol. The zero-order chi connectivity index (χ0) is 13.4. The van der Waals surface area contributed by atoms with E-state index in [1.165, 1.54) is 12.1 Å². The third kappa shape index (κ3) is 5.58. The Hall–Kier alpha value is -0.960. The minimum Gasteiger partial charge on any atom is -0.314 e. The summed E-state index contributed by atoms with van der Waals surface area (Å²) in [5.41, 5.74) is 0.748. The summed E-state index contributed by atoms with van der Waals surface area (Å²) in [7, 11) is 0. The van der Waals surface area contributed by atoms with Gasteiger partial charge in [-0.15, -0.1) is 0 Å². The number of halogens is 2. The Morgan fingerprint density at radius 2 is 1.78 bits per heavy atom. The van der Waals surface area contributed by atoms with Gasteiger partial charge in [0.15, 0.2) is 0 Å². The minimum absolute atomic E-state index is 0.485. The van der Waals surface area contributed by atoms with E-state index >= 15 is 0 Å². The fraction of sp³-hybridized carbons (Fsp3) is 0.600. The molecule has 0 saturated carbocycles. The second kappa shape index (κ2) is 8.20. The van der Waals surface area contributed by atoms with Crippen molar-refractivity contribution in [2.75, 3.05) is 6.54 Å². The summed E-state index contributed by atoms with van der Waals surface area (Å²) in [6.45, 7) is 5.34. The first kappa shape index (κ1) is 15.1. The average Bonchev–Trinajstić information content (AvgIpc) is 2.32. The molecule has 1 nitrogen and oxygen atoms in total. The minimum atomic E-state index is -0.485. The van der Waals surface area contributed by atoms with Crippen molar-refractivity contribution in [1.82, 2.24) is 5.32 Å². The molecule has 0 bridgehead atoms. The number of benzene rings is 1. The van der Waals surface area contributed by atoms with Crippen LogP contribution >= 0.6 is 0 Å². The molecule has 0 spiro atoms. The first-order valence-corrected chi connectivity index (χ1v) is 6.84. The molecule has 0 aliphatic heterocycles. The van der Waals surface area contributed by atoms with Gasteiger partial charge in [-0.25, -0.2) is 8.78 Å². The van der Waals surface area contributed by atoms with Crippen LogP contribution in [0.3, 0.4) is 0 Å². The van der Waals surface area contributed by atoms with E-state index in [0.717, 1.165) is 50.3 Å².